The molecule has 1 atom stereocenters. The van der Waals surface area contributed by atoms with Crippen LogP contribution in [0.25, 0.3) is 21.1 Å². The number of halogens is 3. The molecule has 268 valence electrons. The molecule has 2 N–H and O–H groups in total. The number of aryl methyl sites for hydroxylation is 1. The first-order valence-corrected chi connectivity index (χ1v) is 18.2. The van der Waals surface area contributed by atoms with Crippen LogP contribution in [0.1, 0.15) is 67.1 Å². The number of piperidine rings is 2. The summed E-state index contributed by atoms with van der Waals surface area (Å²) in [7, 11) is 0. The number of nitrogens with one attached hydrogen (secondary N) is 1. The van der Waals surface area contributed by atoms with Crippen molar-refractivity contribution in [1.29, 1.82) is 5.26 Å². The fourth-order valence-corrected chi connectivity index (χ4v) is 8.18. The number of nitrogens with zero attached hydrogens (tertiary/aromatic N) is 6. The summed E-state index contributed by atoms with van der Waals surface area (Å²) in [6, 6.07) is 10.1. The molecule has 0 aliphatic carbocycles. The molecule has 0 saturated carbocycles. The van der Waals surface area contributed by atoms with Crippen molar-refractivity contribution in [2.24, 2.45) is 5.92 Å². The van der Waals surface area contributed by atoms with Crippen LogP contribution < -0.4 is 5.32 Å². The summed E-state index contributed by atoms with van der Waals surface area (Å²) in [5.41, 5.74) is 3.72. The zero-order valence-corrected chi connectivity index (χ0v) is 29.3. The van der Waals surface area contributed by atoms with Crippen LogP contribution in [0.4, 0.5) is 23.8 Å². The van der Waals surface area contributed by atoms with E-state index in [1.165, 1.54) is 11.9 Å². The number of alkyl halides is 3. The van der Waals surface area contributed by atoms with Crippen LogP contribution in [0.5, 0.6) is 0 Å². The van der Waals surface area contributed by atoms with Gasteiger partial charge in [0.1, 0.15) is 28.7 Å². The Kier molecular flexibility index (Phi) is 11.1. The van der Waals surface area contributed by atoms with Gasteiger partial charge >= 0.3 is 12.3 Å². The Balaban J connectivity index is 1.05. The lowest BCUT2D eigenvalue weighted by atomic mass is 9.91. The molecule has 2 saturated heterocycles. The zero-order valence-electron chi connectivity index (χ0n) is 28.5. The molecule has 1 unspecified atom stereocenters. The summed E-state index contributed by atoms with van der Waals surface area (Å²) in [6.45, 7) is 8.41. The van der Waals surface area contributed by atoms with Crippen molar-refractivity contribution in [1.82, 2.24) is 24.3 Å². The molecule has 3 aromatic heterocycles. The SMILES string of the molecule is CCCCOC(=O)N1CCC(C(O)Cn2c(C#N)cc3c(C)c(CN4CCC(Nc5ncnc6sc(CC(F)(F)F)cc56)CC4)ccc32)CC1. The second-order valence-corrected chi connectivity index (χ2v) is 14.6. The van der Waals surface area contributed by atoms with Crippen LogP contribution in [0.2, 0.25) is 0 Å². The highest BCUT2D eigenvalue weighted by atomic mass is 32.1. The van der Waals surface area contributed by atoms with Crippen LogP contribution in [0.15, 0.2) is 30.6 Å². The van der Waals surface area contributed by atoms with E-state index in [1.807, 2.05) is 16.7 Å². The van der Waals surface area contributed by atoms with Crippen molar-refractivity contribution in [3.63, 3.8) is 0 Å². The lowest BCUT2D eigenvalue weighted by Gasteiger charge is -2.34. The van der Waals surface area contributed by atoms with E-state index < -0.39 is 18.7 Å². The first kappa shape index (κ1) is 35.9. The van der Waals surface area contributed by atoms with Crippen LogP contribution in [0, 0.1) is 24.2 Å². The third-order valence-electron chi connectivity index (χ3n) is 10.1. The normalized spacial score (nSPS) is 17.3. The Morgan fingerprint density at radius 1 is 1.14 bits per heavy atom. The average molecular weight is 712 g/mol. The molecule has 10 nitrogen and oxygen atoms in total. The number of ether oxygens (including phenoxy) is 1. The molecule has 0 spiro atoms. The number of benzene rings is 1. The number of aliphatic hydroxyl groups excluding tert-OH is 1. The van der Waals surface area contributed by atoms with Gasteiger partial charge in [0.05, 0.1) is 31.1 Å². The molecule has 6 rings (SSSR count). The van der Waals surface area contributed by atoms with E-state index in [-0.39, 0.29) is 22.9 Å². The minimum atomic E-state index is -4.27. The van der Waals surface area contributed by atoms with Gasteiger partial charge in [0.25, 0.3) is 0 Å². The first-order valence-electron chi connectivity index (χ1n) is 17.4. The third-order valence-corrected chi connectivity index (χ3v) is 11.1. The van der Waals surface area contributed by atoms with Crippen LogP contribution >= 0.6 is 11.3 Å². The predicted molar refractivity (Wildman–Crippen MR) is 187 cm³/mol. The number of fused-ring (bicyclic) bond motifs is 2. The van der Waals surface area contributed by atoms with Crippen molar-refractivity contribution < 1.29 is 27.8 Å². The van der Waals surface area contributed by atoms with Gasteiger partial charge < -0.3 is 24.6 Å². The molecule has 4 aromatic rings. The van der Waals surface area contributed by atoms with Crippen molar-refractivity contribution in [2.45, 2.75) is 90.2 Å². The van der Waals surface area contributed by atoms with E-state index in [0.717, 1.165) is 73.1 Å². The van der Waals surface area contributed by atoms with Gasteiger partial charge in [-0.1, -0.05) is 19.4 Å². The standard InChI is InChI=1S/C36H44F3N7O3S/c1-3-4-15-49-35(48)45-13-7-24(8-14-45)32(47)21-46-27(19-40)16-29-23(2)25(5-6-31(29)46)20-44-11-9-26(10-12-44)43-33-30-17-28(18-36(37,38)39)50-34(30)42-22-41-33/h5-6,16-17,22,24,26,32,47H,3-4,7-15,18,20-21H2,1-2H3,(H,41,42,43). The first-order chi connectivity index (χ1) is 24.0. The molecule has 5 heterocycles. The molecule has 0 bridgehead atoms. The molecular weight excluding hydrogens is 668 g/mol. The number of hydrogen-bond acceptors (Lipinski definition) is 9. The van der Waals surface area contributed by atoms with E-state index in [2.05, 4.69) is 46.2 Å². The Bertz CT molecular complexity index is 1840. The largest absolute Gasteiger partial charge is 0.449 e. The maximum Gasteiger partial charge on any atom is 0.409 e. The number of unbranched alkanes of at least 4 members (excludes halogenated alkanes) is 1. The van der Waals surface area contributed by atoms with E-state index in [0.29, 0.717) is 60.8 Å². The number of carbonyl (C=O) groups is 1. The number of rotatable bonds is 11. The highest BCUT2D eigenvalue weighted by Gasteiger charge is 2.31. The molecule has 1 aromatic carbocycles. The van der Waals surface area contributed by atoms with Crippen LogP contribution in [-0.2, 0) is 24.2 Å². The second kappa shape index (κ2) is 15.5. The molecule has 50 heavy (non-hydrogen) atoms. The summed E-state index contributed by atoms with van der Waals surface area (Å²) in [5.74, 6) is 0.601. The fourth-order valence-electron chi connectivity index (χ4n) is 7.15. The van der Waals surface area contributed by atoms with Crippen molar-refractivity contribution in [3.05, 3.63) is 52.3 Å². The number of thiophene rings is 1. The van der Waals surface area contributed by atoms with Crippen LogP contribution in [-0.4, -0.2) is 86.6 Å². The smallest absolute Gasteiger partial charge is 0.409 e. The number of nitriles is 1. The van der Waals surface area contributed by atoms with Crippen molar-refractivity contribution in [3.8, 4) is 6.07 Å². The Hall–Kier alpha value is -3.93. The minimum Gasteiger partial charge on any atom is -0.449 e. The van der Waals surface area contributed by atoms with Gasteiger partial charge in [0.2, 0.25) is 0 Å². The number of aromatic nitrogens is 3. The van der Waals surface area contributed by atoms with Crippen LogP contribution in [0.3, 0.4) is 0 Å². The van der Waals surface area contributed by atoms with Gasteiger partial charge in [-0.3, -0.25) is 4.90 Å². The Labute approximate surface area is 293 Å². The van der Waals surface area contributed by atoms with E-state index in [1.54, 1.807) is 11.0 Å². The number of amides is 1. The highest BCUT2D eigenvalue weighted by molar-refractivity contribution is 7.18. The maximum atomic E-state index is 13.0. The van der Waals surface area contributed by atoms with E-state index >= 15 is 0 Å². The van der Waals surface area contributed by atoms with E-state index in [9.17, 15) is 28.3 Å². The lowest BCUT2D eigenvalue weighted by molar-refractivity contribution is -0.126. The monoisotopic (exact) mass is 711 g/mol. The molecule has 2 aliphatic heterocycles. The lowest BCUT2D eigenvalue weighted by Crippen LogP contribution is -2.42. The quantitative estimate of drug-likeness (QED) is 0.160. The number of hydrogen-bond donors (Lipinski definition) is 2. The summed E-state index contributed by atoms with van der Waals surface area (Å²) < 4.78 is 46.1. The number of carbonyl (C=O) groups excluding carboxylic acids is 1. The Morgan fingerprint density at radius 2 is 1.90 bits per heavy atom. The van der Waals surface area contributed by atoms with Gasteiger partial charge in [-0.05, 0) is 74.3 Å². The summed E-state index contributed by atoms with van der Waals surface area (Å²) in [6.07, 6.45) is 0.121. The summed E-state index contributed by atoms with van der Waals surface area (Å²) >= 11 is 1.05. The van der Waals surface area contributed by atoms with Gasteiger partial charge in [-0.25, -0.2) is 14.8 Å². The molecule has 2 aliphatic rings. The molecule has 0 radical (unpaired) electrons. The van der Waals surface area contributed by atoms with Gasteiger partial charge in [-0.15, -0.1) is 11.3 Å². The van der Waals surface area contributed by atoms with Crippen molar-refractivity contribution in [2.75, 3.05) is 38.1 Å². The number of anilines is 1. The second-order valence-electron chi connectivity index (χ2n) is 13.5. The van der Waals surface area contributed by atoms with Gasteiger partial charge in [0, 0.05) is 54.5 Å². The number of aliphatic hydroxyl groups is 1. The topological polar surface area (TPSA) is 120 Å². The number of likely N-dealkylation sites (tertiary alicyclic amines) is 2. The Morgan fingerprint density at radius 3 is 2.60 bits per heavy atom. The van der Waals surface area contributed by atoms with Gasteiger partial charge in [0.15, 0.2) is 0 Å². The minimum absolute atomic E-state index is 0.0222. The van der Waals surface area contributed by atoms with Crippen molar-refractivity contribution >= 4 is 44.4 Å². The fraction of sp³-hybridized carbons (Fsp3) is 0.556. The maximum absolute atomic E-state index is 13.0. The zero-order chi connectivity index (χ0) is 35.4. The molecule has 14 heteroatoms. The molecule has 2 fully saturated rings. The highest BCUT2D eigenvalue weighted by Crippen LogP contribution is 2.34. The average Bonchev–Trinajstić information content (AvgIpc) is 3.67. The summed E-state index contributed by atoms with van der Waals surface area (Å²) in [5, 5.41) is 26.3. The van der Waals surface area contributed by atoms with Gasteiger partial charge in [-0.2, -0.15) is 18.4 Å². The molecule has 1 amide bonds. The van der Waals surface area contributed by atoms with E-state index in [4.69, 9.17) is 4.74 Å². The predicted octanol–water partition coefficient (Wildman–Crippen LogP) is 7.02. The summed E-state index contributed by atoms with van der Waals surface area (Å²) in [4.78, 5) is 25.8. The third kappa shape index (κ3) is 8.33. The molecular formula is C36H44F3N7O3S.